The van der Waals surface area contributed by atoms with Crippen LogP contribution in [0.25, 0.3) is 0 Å². The van der Waals surface area contributed by atoms with Crippen LogP contribution in [0.15, 0.2) is 18.3 Å². The van der Waals surface area contributed by atoms with Crippen LogP contribution in [0, 0.1) is 0 Å². The zero-order valence-corrected chi connectivity index (χ0v) is 10.4. The fraction of sp³-hybridized carbons (Fsp3) is 0.417. The molecular formula is C12H16N4O2. The molecule has 2 amide bonds. The van der Waals surface area contributed by atoms with Gasteiger partial charge in [-0.2, -0.15) is 0 Å². The van der Waals surface area contributed by atoms with Crippen molar-refractivity contribution in [3.8, 4) is 0 Å². The molecule has 0 unspecified atom stereocenters. The third kappa shape index (κ3) is 2.06. The van der Waals surface area contributed by atoms with Crippen LogP contribution < -0.4 is 16.0 Å². The predicted octanol–water partition coefficient (Wildman–Crippen LogP) is -0.218. The van der Waals surface area contributed by atoms with E-state index < -0.39 is 5.54 Å². The Hall–Kier alpha value is -1.95. The van der Waals surface area contributed by atoms with Gasteiger partial charge in [0.25, 0.3) is 5.91 Å². The number of nitrogens with two attached hydrogens (primary N) is 1. The van der Waals surface area contributed by atoms with Crippen LogP contribution in [0.2, 0.25) is 0 Å². The van der Waals surface area contributed by atoms with Crippen molar-refractivity contribution < 1.29 is 9.59 Å². The summed E-state index contributed by atoms with van der Waals surface area (Å²) in [5, 5.41) is 2.34. The molecule has 0 aromatic carbocycles. The molecule has 0 radical (unpaired) electrons. The van der Waals surface area contributed by atoms with Crippen molar-refractivity contribution >= 4 is 17.5 Å². The second-order valence-electron chi connectivity index (χ2n) is 4.73. The number of nitrogens with one attached hydrogen (secondary N) is 1. The quantitative estimate of drug-likeness (QED) is 0.706. The molecule has 6 heteroatoms. The summed E-state index contributed by atoms with van der Waals surface area (Å²) in [6, 6.07) is 3.57. The van der Waals surface area contributed by atoms with E-state index in [1.54, 1.807) is 37.1 Å². The minimum atomic E-state index is -0.777. The summed E-state index contributed by atoms with van der Waals surface area (Å²) in [5.41, 5.74) is 6.27. The number of carbonyl (C=O) groups is 2. The van der Waals surface area contributed by atoms with Gasteiger partial charge in [0.1, 0.15) is 5.54 Å². The third-order valence-electron chi connectivity index (χ3n) is 3.11. The van der Waals surface area contributed by atoms with E-state index in [-0.39, 0.29) is 18.4 Å². The highest BCUT2D eigenvalue weighted by atomic mass is 16.2. The summed E-state index contributed by atoms with van der Waals surface area (Å²) >= 11 is 0. The third-order valence-corrected chi connectivity index (χ3v) is 3.11. The maximum absolute atomic E-state index is 11.9. The molecule has 1 saturated heterocycles. The van der Waals surface area contributed by atoms with Gasteiger partial charge >= 0.3 is 0 Å². The number of nitrogens with zero attached hydrogens (tertiary/aromatic N) is 2. The van der Waals surface area contributed by atoms with Gasteiger partial charge in [-0.3, -0.25) is 19.9 Å². The van der Waals surface area contributed by atoms with Crippen molar-refractivity contribution in [1.29, 1.82) is 0 Å². The number of hydrogen-bond donors (Lipinski definition) is 2. The highest BCUT2D eigenvalue weighted by Gasteiger charge is 2.40. The lowest BCUT2D eigenvalue weighted by molar-refractivity contribution is -0.135. The first-order valence-corrected chi connectivity index (χ1v) is 5.72. The summed E-state index contributed by atoms with van der Waals surface area (Å²) in [4.78, 5) is 29.2. The monoisotopic (exact) mass is 248 g/mol. The zero-order valence-electron chi connectivity index (χ0n) is 10.4. The Labute approximate surface area is 105 Å². The van der Waals surface area contributed by atoms with Crippen LogP contribution in [0.4, 0.5) is 5.69 Å². The minimum Gasteiger partial charge on any atom is -0.348 e. The van der Waals surface area contributed by atoms with Crippen LogP contribution in [0.3, 0.4) is 0 Å². The van der Waals surface area contributed by atoms with Gasteiger partial charge in [-0.15, -0.1) is 0 Å². The van der Waals surface area contributed by atoms with Crippen LogP contribution in [0.5, 0.6) is 0 Å². The first kappa shape index (κ1) is 12.5. The van der Waals surface area contributed by atoms with Gasteiger partial charge in [0.05, 0.1) is 12.2 Å². The summed E-state index contributed by atoms with van der Waals surface area (Å²) < 4.78 is 0. The number of imide groups is 1. The van der Waals surface area contributed by atoms with Crippen LogP contribution in [-0.2, 0) is 16.1 Å². The highest BCUT2D eigenvalue weighted by Crippen LogP contribution is 2.26. The molecule has 2 heterocycles. The lowest BCUT2D eigenvalue weighted by Gasteiger charge is -2.41. The molecule has 18 heavy (non-hydrogen) atoms. The molecular weight excluding hydrogens is 232 g/mol. The van der Waals surface area contributed by atoms with E-state index in [2.05, 4.69) is 10.3 Å². The Balaban J connectivity index is 2.40. The molecule has 0 saturated carbocycles. The van der Waals surface area contributed by atoms with Crippen molar-refractivity contribution in [2.45, 2.75) is 25.9 Å². The van der Waals surface area contributed by atoms with E-state index >= 15 is 0 Å². The number of pyridine rings is 1. The topological polar surface area (TPSA) is 88.3 Å². The smallest absolute Gasteiger partial charge is 0.251 e. The zero-order chi connectivity index (χ0) is 13.3. The molecule has 1 aliphatic heterocycles. The minimum absolute atomic E-state index is 0.146. The molecule has 1 aromatic rings. The molecule has 2 rings (SSSR count). The van der Waals surface area contributed by atoms with E-state index in [4.69, 9.17) is 5.73 Å². The van der Waals surface area contributed by atoms with Gasteiger partial charge in [0.15, 0.2) is 0 Å². The standard InChI is InChI=1S/C12H16N4O2/c1-12(2)11(18)15-10(17)7-16(12)9-3-4-14-8(5-9)6-13/h3-5H,6-7,13H2,1-2H3,(H,15,17,18). The van der Waals surface area contributed by atoms with E-state index in [0.29, 0.717) is 6.54 Å². The van der Waals surface area contributed by atoms with E-state index in [0.717, 1.165) is 11.4 Å². The van der Waals surface area contributed by atoms with Crippen molar-refractivity contribution in [2.75, 3.05) is 11.4 Å². The second-order valence-corrected chi connectivity index (χ2v) is 4.73. The Kier molecular flexibility index (Phi) is 3.04. The average molecular weight is 248 g/mol. The number of piperazine rings is 1. The van der Waals surface area contributed by atoms with Gasteiger partial charge in [-0.05, 0) is 26.0 Å². The van der Waals surface area contributed by atoms with Gasteiger partial charge in [0.2, 0.25) is 5.91 Å². The maximum Gasteiger partial charge on any atom is 0.251 e. The first-order chi connectivity index (χ1) is 8.45. The Morgan fingerprint density at radius 1 is 1.50 bits per heavy atom. The molecule has 3 N–H and O–H groups in total. The second kappa shape index (κ2) is 4.38. The lowest BCUT2D eigenvalue weighted by atomic mass is 9.98. The summed E-state index contributed by atoms with van der Waals surface area (Å²) in [5.74, 6) is -0.602. The highest BCUT2D eigenvalue weighted by molar-refractivity contribution is 6.06. The first-order valence-electron chi connectivity index (χ1n) is 5.72. The van der Waals surface area contributed by atoms with E-state index in [1.807, 2.05) is 0 Å². The summed E-state index contributed by atoms with van der Waals surface area (Å²) in [7, 11) is 0. The molecule has 0 spiro atoms. The van der Waals surface area contributed by atoms with Crippen molar-refractivity contribution in [2.24, 2.45) is 5.73 Å². The van der Waals surface area contributed by atoms with Gasteiger partial charge in [-0.25, -0.2) is 0 Å². The summed E-state index contributed by atoms with van der Waals surface area (Å²) in [6.45, 7) is 4.02. The predicted molar refractivity (Wildman–Crippen MR) is 66.7 cm³/mol. The van der Waals surface area contributed by atoms with Gasteiger partial charge in [0, 0.05) is 18.4 Å². The Morgan fingerprint density at radius 2 is 2.22 bits per heavy atom. The Bertz CT molecular complexity index is 499. The normalized spacial score (nSPS) is 18.7. The summed E-state index contributed by atoms with van der Waals surface area (Å²) in [6.07, 6.45) is 1.63. The van der Waals surface area contributed by atoms with Gasteiger partial charge in [-0.1, -0.05) is 0 Å². The number of aromatic nitrogens is 1. The molecule has 0 bridgehead atoms. The number of rotatable bonds is 2. The molecule has 96 valence electrons. The number of hydrogen-bond acceptors (Lipinski definition) is 5. The number of carbonyl (C=O) groups excluding carboxylic acids is 2. The van der Waals surface area contributed by atoms with Crippen molar-refractivity contribution in [3.63, 3.8) is 0 Å². The molecule has 0 aliphatic carbocycles. The van der Waals surface area contributed by atoms with Crippen molar-refractivity contribution in [1.82, 2.24) is 10.3 Å². The lowest BCUT2D eigenvalue weighted by Crippen LogP contribution is -2.64. The number of anilines is 1. The van der Waals surface area contributed by atoms with Crippen molar-refractivity contribution in [3.05, 3.63) is 24.0 Å². The largest absolute Gasteiger partial charge is 0.348 e. The molecule has 1 aromatic heterocycles. The fourth-order valence-electron chi connectivity index (χ4n) is 1.94. The fourth-order valence-corrected chi connectivity index (χ4v) is 1.94. The van der Waals surface area contributed by atoms with E-state index in [9.17, 15) is 9.59 Å². The molecule has 0 atom stereocenters. The maximum atomic E-state index is 11.9. The molecule has 1 fully saturated rings. The average Bonchev–Trinajstić information content (AvgIpc) is 2.34. The molecule has 1 aliphatic rings. The van der Waals surface area contributed by atoms with Crippen LogP contribution in [-0.4, -0.2) is 28.9 Å². The van der Waals surface area contributed by atoms with Crippen LogP contribution in [0.1, 0.15) is 19.5 Å². The van der Waals surface area contributed by atoms with Crippen LogP contribution >= 0.6 is 0 Å². The molecule has 6 nitrogen and oxygen atoms in total. The van der Waals surface area contributed by atoms with Gasteiger partial charge < -0.3 is 10.6 Å². The van der Waals surface area contributed by atoms with E-state index in [1.165, 1.54) is 0 Å². The number of amides is 2. The SMILES string of the molecule is CC1(C)C(=O)NC(=O)CN1c1ccnc(CN)c1. The Morgan fingerprint density at radius 3 is 2.89 bits per heavy atom.